The zero-order valence-electron chi connectivity index (χ0n) is 18.0. The molecule has 0 saturated heterocycles. The summed E-state index contributed by atoms with van der Waals surface area (Å²) in [6.07, 6.45) is 11.0. The van der Waals surface area contributed by atoms with Crippen LogP contribution in [-0.2, 0) is 9.53 Å². The molecule has 2 N–H and O–H groups in total. The number of ether oxygens (including phenoxy) is 1. The van der Waals surface area contributed by atoms with Gasteiger partial charge in [-0.05, 0) is 105 Å². The third kappa shape index (κ3) is 3.14. The molecule has 9 atom stereocenters. The first kappa shape index (κ1) is 20.7. The maximum atomic E-state index is 11.5. The lowest BCUT2D eigenvalue weighted by molar-refractivity contribution is -0.171. The average molecular weight is 393 g/mol. The van der Waals surface area contributed by atoms with Crippen molar-refractivity contribution in [3.8, 4) is 0 Å². The maximum Gasteiger partial charge on any atom is 0.305 e. The summed E-state index contributed by atoms with van der Waals surface area (Å²) in [7, 11) is 1.46. The van der Waals surface area contributed by atoms with Crippen LogP contribution >= 0.6 is 0 Å². The average Bonchev–Trinajstić information content (AvgIpc) is 3.01. The highest BCUT2D eigenvalue weighted by Gasteiger charge is 2.62. The molecular formula is C24H40O4. The molecule has 0 aromatic heterocycles. The number of rotatable bonds is 4. The van der Waals surface area contributed by atoms with Crippen LogP contribution in [0.15, 0.2) is 0 Å². The molecule has 0 heterocycles. The minimum atomic E-state index is -0.230. The zero-order chi connectivity index (χ0) is 20.1. The van der Waals surface area contributed by atoms with Crippen LogP contribution in [-0.4, -0.2) is 35.5 Å². The SMILES string of the molecule is COC(=O)CCC[C@H]1CCC2C3CCC4C[C@H](O)CC[C@]4(C)C3C[C@H](O)[C@@]21C. The summed E-state index contributed by atoms with van der Waals surface area (Å²) in [4.78, 5) is 11.5. The Morgan fingerprint density at radius 2 is 1.82 bits per heavy atom. The molecule has 0 bridgehead atoms. The van der Waals surface area contributed by atoms with E-state index in [1.54, 1.807) is 0 Å². The monoisotopic (exact) mass is 392 g/mol. The second-order valence-electron chi connectivity index (χ2n) is 10.9. The van der Waals surface area contributed by atoms with E-state index in [1.165, 1.54) is 32.8 Å². The zero-order valence-corrected chi connectivity index (χ0v) is 18.0. The molecule has 0 aromatic rings. The van der Waals surface area contributed by atoms with E-state index in [0.717, 1.165) is 44.4 Å². The first-order valence-electron chi connectivity index (χ1n) is 11.7. The fraction of sp³-hybridized carbons (Fsp3) is 0.958. The second kappa shape index (κ2) is 7.58. The Labute approximate surface area is 170 Å². The molecule has 0 aromatic carbocycles. The Morgan fingerprint density at radius 1 is 1.04 bits per heavy atom. The van der Waals surface area contributed by atoms with Crippen molar-refractivity contribution in [3.63, 3.8) is 0 Å². The van der Waals surface area contributed by atoms with Crippen LogP contribution in [0.1, 0.15) is 84.5 Å². The molecule has 28 heavy (non-hydrogen) atoms. The lowest BCUT2D eigenvalue weighted by Crippen LogP contribution is -2.58. The predicted molar refractivity (Wildman–Crippen MR) is 108 cm³/mol. The first-order chi connectivity index (χ1) is 13.3. The highest BCUT2D eigenvalue weighted by molar-refractivity contribution is 5.68. The fourth-order valence-electron chi connectivity index (χ4n) is 8.39. The van der Waals surface area contributed by atoms with Gasteiger partial charge in [0.25, 0.3) is 0 Å². The van der Waals surface area contributed by atoms with E-state index >= 15 is 0 Å². The van der Waals surface area contributed by atoms with Crippen LogP contribution in [0.25, 0.3) is 0 Å². The van der Waals surface area contributed by atoms with Gasteiger partial charge in [-0.2, -0.15) is 0 Å². The largest absolute Gasteiger partial charge is 0.469 e. The Morgan fingerprint density at radius 3 is 2.57 bits per heavy atom. The number of methoxy groups -OCH3 is 1. The van der Waals surface area contributed by atoms with E-state index in [0.29, 0.717) is 35.5 Å². The number of carbonyl (C=O) groups excluding carboxylic acids is 1. The minimum Gasteiger partial charge on any atom is -0.469 e. The van der Waals surface area contributed by atoms with Gasteiger partial charge in [0, 0.05) is 6.42 Å². The summed E-state index contributed by atoms with van der Waals surface area (Å²) in [5.41, 5.74) is 0.308. The van der Waals surface area contributed by atoms with E-state index in [4.69, 9.17) is 4.74 Å². The van der Waals surface area contributed by atoms with Gasteiger partial charge in [-0.3, -0.25) is 4.79 Å². The van der Waals surface area contributed by atoms with E-state index in [9.17, 15) is 15.0 Å². The van der Waals surface area contributed by atoms with Crippen LogP contribution in [0.5, 0.6) is 0 Å². The van der Waals surface area contributed by atoms with Gasteiger partial charge in [0.2, 0.25) is 0 Å². The second-order valence-corrected chi connectivity index (χ2v) is 10.9. The van der Waals surface area contributed by atoms with Crippen molar-refractivity contribution in [2.75, 3.05) is 7.11 Å². The summed E-state index contributed by atoms with van der Waals surface area (Å²) in [6, 6.07) is 0. The third-order valence-corrected chi connectivity index (χ3v) is 10.1. The molecule has 4 heteroatoms. The van der Waals surface area contributed by atoms with E-state index < -0.39 is 0 Å². The minimum absolute atomic E-state index is 0.00859. The number of carbonyl (C=O) groups is 1. The summed E-state index contributed by atoms with van der Waals surface area (Å²) in [6.45, 7) is 4.83. The Bertz CT molecular complexity index is 591. The summed E-state index contributed by atoms with van der Waals surface area (Å²) < 4.78 is 4.80. The predicted octanol–water partition coefficient (Wildman–Crippen LogP) is 4.32. The van der Waals surface area contributed by atoms with Crippen molar-refractivity contribution < 1.29 is 19.7 Å². The van der Waals surface area contributed by atoms with Gasteiger partial charge in [-0.15, -0.1) is 0 Å². The van der Waals surface area contributed by atoms with Crippen LogP contribution in [0.3, 0.4) is 0 Å². The van der Waals surface area contributed by atoms with Gasteiger partial charge in [0.15, 0.2) is 0 Å². The quantitative estimate of drug-likeness (QED) is 0.699. The number of fused-ring (bicyclic) bond motifs is 5. The summed E-state index contributed by atoms with van der Waals surface area (Å²) in [5, 5.41) is 21.6. The molecule has 4 aliphatic carbocycles. The normalized spacial score (nSPS) is 50.4. The summed E-state index contributed by atoms with van der Waals surface area (Å²) in [5.74, 6) is 3.00. The first-order valence-corrected chi connectivity index (χ1v) is 11.7. The topological polar surface area (TPSA) is 66.8 Å². The standard InChI is InChI=1S/C24H40O4/c1-23-12-11-17(25)13-16(23)7-9-18-19-10-8-15(5-4-6-22(27)28-3)24(19,2)21(26)14-20(18)23/h15-21,25-26H,4-14H2,1-3H3/t15-,16?,17+,18?,19?,20?,21-,23-,24+/m0/s1. The number of hydrogen-bond acceptors (Lipinski definition) is 4. The molecule has 0 aliphatic heterocycles. The van der Waals surface area contributed by atoms with Crippen LogP contribution in [0.2, 0.25) is 0 Å². The van der Waals surface area contributed by atoms with Crippen molar-refractivity contribution in [3.05, 3.63) is 0 Å². The molecular weight excluding hydrogens is 352 g/mol. The fourth-order valence-corrected chi connectivity index (χ4v) is 8.39. The lowest BCUT2D eigenvalue weighted by Gasteiger charge is -2.62. The van der Waals surface area contributed by atoms with Crippen molar-refractivity contribution >= 4 is 5.97 Å². The number of aliphatic hydroxyl groups excluding tert-OH is 2. The van der Waals surface area contributed by atoms with Crippen LogP contribution in [0, 0.1) is 40.4 Å². The Balaban J connectivity index is 1.50. The van der Waals surface area contributed by atoms with Gasteiger partial charge in [-0.25, -0.2) is 0 Å². The van der Waals surface area contributed by atoms with E-state index in [-0.39, 0.29) is 23.6 Å². The van der Waals surface area contributed by atoms with Gasteiger partial charge in [-0.1, -0.05) is 13.8 Å². The molecule has 4 fully saturated rings. The Kier molecular flexibility index (Phi) is 5.59. The molecule has 4 nitrogen and oxygen atoms in total. The Hall–Kier alpha value is -0.610. The van der Waals surface area contributed by atoms with Crippen LogP contribution < -0.4 is 0 Å². The molecule has 0 radical (unpaired) electrons. The van der Waals surface area contributed by atoms with Crippen LogP contribution in [0.4, 0.5) is 0 Å². The van der Waals surface area contributed by atoms with E-state index in [1.807, 2.05) is 0 Å². The van der Waals surface area contributed by atoms with Crippen molar-refractivity contribution in [1.29, 1.82) is 0 Å². The highest BCUT2D eigenvalue weighted by atomic mass is 16.5. The smallest absolute Gasteiger partial charge is 0.305 e. The van der Waals surface area contributed by atoms with Gasteiger partial charge < -0.3 is 14.9 Å². The van der Waals surface area contributed by atoms with Gasteiger partial charge in [0.05, 0.1) is 19.3 Å². The molecule has 4 saturated carbocycles. The molecule has 4 rings (SSSR count). The number of aliphatic hydroxyl groups is 2. The highest BCUT2D eigenvalue weighted by Crippen LogP contribution is 2.67. The van der Waals surface area contributed by atoms with Crippen molar-refractivity contribution in [1.82, 2.24) is 0 Å². The lowest BCUT2D eigenvalue weighted by atomic mass is 9.44. The molecule has 4 unspecified atom stereocenters. The van der Waals surface area contributed by atoms with Gasteiger partial charge in [0.1, 0.15) is 0 Å². The van der Waals surface area contributed by atoms with Crippen molar-refractivity contribution in [2.45, 2.75) is 96.7 Å². The molecule has 4 aliphatic rings. The van der Waals surface area contributed by atoms with Crippen molar-refractivity contribution in [2.24, 2.45) is 40.4 Å². The summed E-state index contributed by atoms with van der Waals surface area (Å²) >= 11 is 0. The molecule has 160 valence electrons. The maximum absolute atomic E-state index is 11.5. The molecule has 0 amide bonds. The van der Waals surface area contributed by atoms with E-state index in [2.05, 4.69) is 13.8 Å². The number of hydrogen-bond donors (Lipinski definition) is 2. The third-order valence-electron chi connectivity index (χ3n) is 10.1. The van der Waals surface area contributed by atoms with Gasteiger partial charge >= 0.3 is 5.97 Å². The molecule has 0 spiro atoms. The number of esters is 1.